The van der Waals surface area contributed by atoms with Crippen molar-refractivity contribution < 1.29 is 23.8 Å². The third kappa shape index (κ3) is 4.00. The number of rotatable bonds is 6. The van der Waals surface area contributed by atoms with Crippen LogP contribution in [0.3, 0.4) is 0 Å². The van der Waals surface area contributed by atoms with Gasteiger partial charge < -0.3 is 14.6 Å². The highest BCUT2D eigenvalue weighted by Gasteiger charge is 2.24. The monoisotopic (exact) mass is 413 g/mol. The van der Waals surface area contributed by atoms with Crippen LogP contribution in [0, 0.1) is 11.7 Å². The van der Waals surface area contributed by atoms with Crippen LogP contribution in [0.15, 0.2) is 30.3 Å². The summed E-state index contributed by atoms with van der Waals surface area (Å²) in [5.74, 6) is -0.646. The number of halogens is 1. The Morgan fingerprint density at radius 2 is 2.00 bits per heavy atom. The molecule has 1 N–H and O–H groups in total. The van der Waals surface area contributed by atoms with E-state index in [-0.39, 0.29) is 17.4 Å². The average Bonchev–Trinajstić information content (AvgIpc) is 3.13. The van der Waals surface area contributed by atoms with Gasteiger partial charge in [-0.1, -0.05) is 13.8 Å². The second-order valence-corrected chi connectivity index (χ2v) is 7.80. The Bertz CT molecular complexity index is 1060. The average molecular weight is 413 g/mol. The minimum Gasteiger partial charge on any atom is -0.492 e. The summed E-state index contributed by atoms with van der Waals surface area (Å²) in [7, 11) is 0. The molecule has 0 radical (unpaired) electrons. The fourth-order valence-electron chi connectivity index (χ4n) is 3.62. The van der Waals surface area contributed by atoms with E-state index in [9.17, 15) is 14.3 Å². The predicted octanol–water partition coefficient (Wildman–Crippen LogP) is 4.19. The van der Waals surface area contributed by atoms with Gasteiger partial charge in [0.1, 0.15) is 11.6 Å². The molecule has 0 spiro atoms. The van der Waals surface area contributed by atoms with Crippen molar-refractivity contribution in [2.24, 2.45) is 5.92 Å². The number of ether oxygens (including phenoxy) is 2. The van der Waals surface area contributed by atoms with Gasteiger partial charge in [-0.25, -0.2) is 18.9 Å². The van der Waals surface area contributed by atoms with Crippen molar-refractivity contribution in [3.8, 4) is 11.4 Å². The van der Waals surface area contributed by atoms with Gasteiger partial charge in [-0.3, -0.25) is 0 Å². The van der Waals surface area contributed by atoms with Crippen LogP contribution >= 0.6 is 0 Å². The molecule has 0 bridgehead atoms. The van der Waals surface area contributed by atoms with E-state index in [1.807, 2.05) is 13.8 Å². The molecular formula is C22H24FN3O4. The Labute approximate surface area is 173 Å². The van der Waals surface area contributed by atoms with Crippen LogP contribution in [0.1, 0.15) is 48.8 Å². The summed E-state index contributed by atoms with van der Waals surface area (Å²) >= 11 is 0. The van der Waals surface area contributed by atoms with Crippen molar-refractivity contribution in [3.05, 3.63) is 47.5 Å². The normalized spacial score (nSPS) is 15.1. The molecule has 0 saturated carbocycles. The zero-order valence-electron chi connectivity index (χ0n) is 17.0. The van der Waals surface area contributed by atoms with E-state index in [1.54, 1.807) is 16.8 Å². The Morgan fingerprint density at radius 1 is 1.30 bits per heavy atom. The third-order valence-electron chi connectivity index (χ3n) is 5.28. The molecule has 0 amide bonds. The molecule has 1 aliphatic heterocycles. The molecule has 4 rings (SSSR count). The summed E-state index contributed by atoms with van der Waals surface area (Å²) in [6.45, 7) is 5.90. The van der Waals surface area contributed by atoms with Crippen LogP contribution in [-0.4, -0.2) is 45.7 Å². The van der Waals surface area contributed by atoms with Crippen molar-refractivity contribution in [3.63, 3.8) is 0 Å². The number of benzene rings is 1. The minimum absolute atomic E-state index is 0.0529. The highest BCUT2D eigenvalue weighted by Crippen LogP contribution is 2.34. The van der Waals surface area contributed by atoms with Gasteiger partial charge in [-0.05, 0) is 48.9 Å². The molecule has 2 aromatic heterocycles. The quantitative estimate of drug-likeness (QED) is 0.652. The lowest BCUT2D eigenvalue weighted by molar-refractivity contribution is 0.0499. The molecule has 1 aromatic carbocycles. The standard InChI is InChI=1S/C22H24FN3O4/c1-13(2)20-19-18(30-12-14-7-9-29-10-8-14)11-17(22(27)28)24-21(19)26(25-20)16-5-3-15(23)4-6-16/h3-6,11,13-14H,7-10,12H2,1-2H3,(H,27,28). The van der Waals surface area contributed by atoms with E-state index in [2.05, 4.69) is 10.1 Å². The maximum atomic E-state index is 13.4. The highest BCUT2D eigenvalue weighted by atomic mass is 19.1. The molecule has 158 valence electrons. The van der Waals surface area contributed by atoms with Crippen molar-refractivity contribution in [1.29, 1.82) is 0 Å². The fraction of sp³-hybridized carbons (Fsp3) is 0.409. The molecule has 1 fully saturated rings. The van der Waals surface area contributed by atoms with Crippen LogP contribution in [0.5, 0.6) is 5.75 Å². The van der Waals surface area contributed by atoms with Crippen molar-refractivity contribution in [2.75, 3.05) is 19.8 Å². The summed E-state index contributed by atoms with van der Waals surface area (Å²) in [6.07, 6.45) is 1.82. The zero-order valence-corrected chi connectivity index (χ0v) is 17.0. The Morgan fingerprint density at radius 3 is 2.63 bits per heavy atom. The number of pyridine rings is 1. The van der Waals surface area contributed by atoms with Crippen LogP contribution < -0.4 is 4.74 Å². The van der Waals surface area contributed by atoms with Gasteiger partial charge in [0.2, 0.25) is 0 Å². The van der Waals surface area contributed by atoms with E-state index in [1.165, 1.54) is 18.2 Å². The molecule has 0 aliphatic carbocycles. The maximum absolute atomic E-state index is 13.4. The first-order valence-corrected chi connectivity index (χ1v) is 10.1. The summed E-state index contributed by atoms with van der Waals surface area (Å²) in [6, 6.07) is 7.31. The lowest BCUT2D eigenvalue weighted by atomic mass is 10.0. The number of hydrogen-bond donors (Lipinski definition) is 1. The molecule has 30 heavy (non-hydrogen) atoms. The number of hydrogen-bond acceptors (Lipinski definition) is 5. The van der Waals surface area contributed by atoms with E-state index < -0.39 is 5.97 Å². The Balaban J connectivity index is 1.84. The molecule has 7 nitrogen and oxygen atoms in total. The largest absolute Gasteiger partial charge is 0.492 e. The molecule has 8 heteroatoms. The number of aromatic nitrogens is 3. The van der Waals surface area contributed by atoms with Gasteiger partial charge in [0.15, 0.2) is 11.3 Å². The Kier molecular flexibility index (Phi) is 5.67. The first-order chi connectivity index (χ1) is 14.4. The number of carboxylic acid groups (broad SMARTS) is 1. The lowest BCUT2D eigenvalue weighted by Crippen LogP contribution is -2.21. The summed E-state index contributed by atoms with van der Waals surface area (Å²) in [5, 5.41) is 15.0. The van der Waals surface area contributed by atoms with E-state index in [4.69, 9.17) is 9.47 Å². The zero-order chi connectivity index (χ0) is 21.3. The number of nitrogens with zero attached hydrogens (tertiary/aromatic N) is 3. The summed E-state index contributed by atoms with van der Waals surface area (Å²) in [4.78, 5) is 16.1. The van der Waals surface area contributed by atoms with Crippen molar-refractivity contribution in [2.45, 2.75) is 32.6 Å². The van der Waals surface area contributed by atoms with Gasteiger partial charge in [-0.15, -0.1) is 0 Å². The number of carboxylic acids is 1. The Hall–Kier alpha value is -3.00. The molecule has 0 atom stereocenters. The van der Waals surface area contributed by atoms with Crippen molar-refractivity contribution in [1.82, 2.24) is 14.8 Å². The van der Waals surface area contributed by atoms with Crippen LogP contribution in [0.25, 0.3) is 16.7 Å². The number of aromatic carboxylic acids is 1. The minimum atomic E-state index is -1.15. The SMILES string of the molecule is CC(C)c1nn(-c2ccc(F)cc2)c2nc(C(=O)O)cc(OCC3CCOCC3)c12. The molecule has 3 heterocycles. The highest BCUT2D eigenvalue weighted by molar-refractivity contribution is 5.94. The van der Waals surface area contributed by atoms with Gasteiger partial charge in [0.25, 0.3) is 0 Å². The lowest BCUT2D eigenvalue weighted by Gasteiger charge is -2.22. The number of fused-ring (bicyclic) bond motifs is 1. The maximum Gasteiger partial charge on any atom is 0.354 e. The molecular weight excluding hydrogens is 389 g/mol. The third-order valence-corrected chi connectivity index (χ3v) is 5.28. The summed E-state index contributed by atoms with van der Waals surface area (Å²) in [5.41, 5.74) is 1.61. The van der Waals surface area contributed by atoms with E-state index in [0.29, 0.717) is 48.2 Å². The predicted molar refractivity (Wildman–Crippen MR) is 109 cm³/mol. The second-order valence-electron chi connectivity index (χ2n) is 7.80. The van der Waals surface area contributed by atoms with Crippen LogP contribution in [0.4, 0.5) is 4.39 Å². The van der Waals surface area contributed by atoms with Gasteiger partial charge in [0.05, 0.1) is 23.4 Å². The summed E-state index contributed by atoms with van der Waals surface area (Å²) < 4.78 is 26.5. The molecule has 0 unspecified atom stereocenters. The second kappa shape index (κ2) is 8.39. The van der Waals surface area contributed by atoms with Gasteiger partial charge >= 0.3 is 5.97 Å². The fourth-order valence-corrected chi connectivity index (χ4v) is 3.62. The van der Waals surface area contributed by atoms with E-state index in [0.717, 1.165) is 18.5 Å². The van der Waals surface area contributed by atoms with E-state index >= 15 is 0 Å². The van der Waals surface area contributed by atoms with Crippen LogP contribution in [0.2, 0.25) is 0 Å². The van der Waals surface area contributed by atoms with Gasteiger partial charge in [-0.2, -0.15) is 5.10 Å². The van der Waals surface area contributed by atoms with Crippen LogP contribution in [-0.2, 0) is 4.74 Å². The first kappa shape index (κ1) is 20.3. The smallest absolute Gasteiger partial charge is 0.354 e. The molecule has 1 saturated heterocycles. The number of carbonyl (C=O) groups is 1. The first-order valence-electron chi connectivity index (χ1n) is 10.1. The van der Waals surface area contributed by atoms with Crippen molar-refractivity contribution >= 4 is 17.0 Å². The topological polar surface area (TPSA) is 86.5 Å². The molecule has 3 aromatic rings. The van der Waals surface area contributed by atoms with Gasteiger partial charge in [0, 0.05) is 19.3 Å². The molecule has 1 aliphatic rings.